The Morgan fingerprint density at radius 1 is 1.18 bits per heavy atom. The Balaban J connectivity index is 2.33. The van der Waals surface area contributed by atoms with Crippen LogP contribution in [0.2, 0.25) is 0 Å². The van der Waals surface area contributed by atoms with Gasteiger partial charge >= 0.3 is 5.63 Å². The Morgan fingerprint density at radius 2 is 1.89 bits per heavy atom. The molecule has 2 rings (SSSR count). The standard InChI is InChI=1S/C23H30O5/c1-15(2)9-7-10-16(3)13-14-26-21-19-17(27-22(25)20(21)24)11-8-12-18(19)28-23(4,5)6/h8-9,11-13,24H,7,10,14H2,1-6H3/b16-13+. The summed E-state index contributed by atoms with van der Waals surface area (Å²) < 4.78 is 17.0. The molecule has 0 aliphatic rings. The van der Waals surface area contributed by atoms with Crippen LogP contribution >= 0.6 is 0 Å². The summed E-state index contributed by atoms with van der Waals surface area (Å²) in [6, 6.07) is 5.15. The summed E-state index contributed by atoms with van der Waals surface area (Å²) in [5.74, 6) is 0.0239. The largest absolute Gasteiger partial charge is 0.499 e. The summed E-state index contributed by atoms with van der Waals surface area (Å²) in [5.41, 5.74) is 1.49. The molecular weight excluding hydrogens is 356 g/mol. The van der Waals surface area contributed by atoms with Gasteiger partial charge in [0.2, 0.25) is 5.75 Å². The summed E-state index contributed by atoms with van der Waals surface area (Å²) in [5, 5.41) is 10.7. The molecule has 2 aromatic rings. The number of fused-ring (bicyclic) bond motifs is 1. The number of rotatable bonds is 7. The predicted octanol–water partition coefficient (Wildman–Crippen LogP) is 5.75. The first kappa shape index (κ1) is 21.6. The van der Waals surface area contributed by atoms with Crippen molar-refractivity contribution in [3.8, 4) is 17.2 Å². The highest BCUT2D eigenvalue weighted by molar-refractivity contribution is 5.91. The van der Waals surface area contributed by atoms with Crippen LogP contribution in [0.25, 0.3) is 11.0 Å². The van der Waals surface area contributed by atoms with E-state index in [1.165, 1.54) is 11.1 Å². The third-order valence-electron chi connectivity index (χ3n) is 3.99. The van der Waals surface area contributed by atoms with Crippen LogP contribution in [0.3, 0.4) is 0 Å². The Morgan fingerprint density at radius 3 is 2.54 bits per heavy atom. The summed E-state index contributed by atoms with van der Waals surface area (Å²) >= 11 is 0. The average molecular weight is 386 g/mol. The van der Waals surface area contributed by atoms with Crippen LogP contribution in [-0.2, 0) is 0 Å². The van der Waals surface area contributed by atoms with Crippen molar-refractivity contribution in [2.45, 2.75) is 60.0 Å². The highest BCUT2D eigenvalue weighted by Crippen LogP contribution is 2.39. The molecule has 0 aliphatic heterocycles. The smallest absolute Gasteiger partial charge is 0.382 e. The molecule has 0 spiro atoms. The van der Waals surface area contributed by atoms with Crippen molar-refractivity contribution >= 4 is 11.0 Å². The van der Waals surface area contributed by atoms with E-state index < -0.39 is 17.0 Å². The van der Waals surface area contributed by atoms with Gasteiger partial charge in [0.25, 0.3) is 0 Å². The third-order valence-corrected chi connectivity index (χ3v) is 3.99. The van der Waals surface area contributed by atoms with E-state index in [4.69, 9.17) is 13.9 Å². The van der Waals surface area contributed by atoms with E-state index in [2.05, 4.69) is 19.9 Å². The summed E-state index contributed by atoms with van der Waals surface area (Å²) in [6.07, 6.45) is 6.04. The van der Waals surface area contributed by atoms with E-state index in [0.29, 0.717) is 16.7 Å². The first-order chi connectivity index (χ1) is 13.1. The van der Waals surface area contributed by atoms with Crippen molar-refractivity contribution in [2.24, 2.45) is 0 Å². The number of aromatic hydroxyl groups is 1. The zero-order valence-electron chi connectivity index (χ0n) is 17.6. The van der Waals surface area contributed by atoms with Crippen molar-refractivity contribution in [3.05, 3.63) is 51.9 Å². The lowest BCUT2D eigenvalue weighted by atomic mass is 10.1. The summed E-state index contributed by atoms with van der Waals surface area (Å²) in [6.45, 7) is 12.2. The van der Waals surface area contributed by atoms with E-state index in [0.717, 1.165) is 12.8 Å². The average Bonchev–Trinajstić information content (AvgIpc) is 2.56. The molecule has 5 heteroatoms. The Labute approximate surface area is 166 Å². The molecule has 0 saturated carbocycles. The molecule has 5 nitrogen and oxygen atoms in total. The van der Waals surface area contributed by atoms with Crippen molar-refractivity contribution in [3.63, 3.8) is 0 Å². The fourth-order valence-corrected chi connectivity index (χ4v) is 2.69. The second-order valence-electron chi connectivity index (χ2n) is 8.09. The van der Waals surface area contributed by atoms with Crippen molar-refractivity contribution in [1.29, 1.82) is 0 Å². The summed E-state index contributed by atoms with van der Waals surface area (Å²) in [7, 11) is 0. The lowest BCUT2D eigenvalue weighted by molar-refractivity contribution is 0.132. The third kappa shape index (κ3) is 5.91. The lowest BCUT2D eigenvalue weighted by Gasteiger charge is -2.23. The molecule has 0 atom stereocenters. The lowest BCUT2D eigenvalue weighted by Crippen LogP contribution is -2.23. The molecule has 0 amide bonds. The van der Waals surface area contributed by atoms with Gasteiger partial charge in [0, 0.05) is 0 Å². The van der Waals surface area contributed by atoms with Gasteiger partial charge in [-0.3, -0.25) is 0 Å². The molecule has 152 valence electrons. The van der Waals surface area contributed by atoms with Gasteiger partial charge in [0.05, 0.1) is 0 Å². The van der Waals surface area contributed by atoms with E-state index in [-0.39, 0.29) is 12.4 Å². The van der Waals surface area contributed by atoms with Crippen molar-refractivity contribution in [2.75, 3.05) is 6.61 Å². The second-order valence-corrected chi connectivity index (χ2v) is 8.09. The van der Waals surface area contributed by atoms with Crippen LogP contribution in [0.4, 0.5) is 0 Å². The van der Waals surface area contributed by atoms with Gasteiger partial charge < -0.3 is 19.0 Å². The van der Waals surface area contributed by atoms with Gasteiger partial charge in [0.15, 0.2) is 5.75 Å². The van der Waals surface area contributed by atoms with Gasteiger partial charge in [-0.2, -0.15) is 0 Å². The fraction of sp³-hybridized carbons (Fsp3) is 0.435. The first-order valence-corrected chi connectivity index (χ1v) is 9.48. The minimum Gasteiger partial charge on any atom is -0.499 e. The number of benzene rings is 1. The van der Waals surface area contributed by atoms with Crippen molar-refractivity contribution < 1.29 is 19.0 Å². The van der Waals surface area contributed by atoms with E-state index >= 15 is 0 Å². The van der Waals surface area contributed by atoms with E-state index in [9.17, 15) is 9.90 Å². The number of ether oxygens (including phenoxy) is 2. The number of allylic oxidation sites excluding steroid dienone is 3. The van der Waals surface area contributed by atoms with E-state index in [1.54, 1.807) is 18.2 Å². The Bertz CT molecular complexity index is 938. The molecule has 0 unspecified atom stereocenters. The predicted molar refractivity (Wildman–Crippen MR) is 112 cm³/mol. The fourth-order valence-electron chi connectivity index (χ4n) is 2.69. The van der Waals surface area contributed by atoms with Crippen LogP contribution in [-0.4, -0.2) is 17.3 Å². The SMILES string of the molecule is CC(C)=CCC/C(C)=C/COc1c(O)c(=O)oc2cccc(OC(C)(C)C)c12. The van der Waals surface area contributed by atoms with Crippen LogP contribution in [0.5, 0.6) is 17.2 Å². The van der Waals surface area contributed by atoms with Gasteiger partial charge in [-0.1, -0.05) is 23.3 Å². The molecule has 0 fully saturated rings. The van der Waals surface area contributed by atoms with Crippen LogP contribution in [0.1, 0.15) is 54.4 Å². The topological polar surface area (TPSA) is 68.9 Å². The normalized spacial score (nSPS) is 12.1. The molecule has 1 N–H and O–H groups in total. The second kappa shape index (κ2) is 9.00. The molecule has 1 aromatic heterocycles. The van der Waals surface area contributed by atoms with Crippen LogP contribution < -0.4 is 15.1 Å². The highest BCUT2D eigenvalue weighted by atomic mass is 16.5. The molecule has 0 bridgehead atoms. The molecule has 1 aromatic carbocycles. The number of hydrogen-bond acceptors (Lipinski definition) is 5. The first-order valence-electron chi connectivity index (χ1n) is 9.48. The van der Waals surface area contributed by atoms with Crippen LogP contribution in [0.15, 0.2) is 50.7 Å². The maximum atomic E-state index is 12.0. The molecule has 0 saturated heterocycles. The number of hydrogen-bond donors (Lipinski definition) is 1. The van der Waals surface area contributed by atoms with E-state index in [1.807, 2.05) is 33.8 Å². The zero-order valence-corrected chi connectivity index (χ0v) is 17.6. The van der Waals surface area contributed by atoms with Crippen LogP contribution in [0, 0.1) is 0 Å². The molecular formula is C23H30O5. The molecule has 1 heterocycles. The quantitative estimate of drug-likeness (QED) is 0.485. The zero-order chi connectivity index (χ0) is 20.9. The molecule has 0 radical (unpaired) electrons. The maximum Gasteiger partial charge on any atom is 0.382 e. The minimum absolute atomic E-state index is 0.0828. The monoisotopic (exact) mass is 386 g/mol. The highest BCUT2D eigenvalue weighted by Gasteiger charge is 2.21. The minimum atomic E-state index is -0.834. The van der Waals surface area contributed by atoms with Gasteiger partial charge in [0.1, 0.15) is 28.9 Å². The van der Waals surface area contributed by atoms with Gasteiger partial charge in [-0.25, -0.2) is 4.79 Å². The summed E-state index contributed by atoms with van der Waals surface area (Å²) in [4.78, 5) is 12.0. The van der Waals surface area contributed by atoms with Gasteiger partial charge in [-0.15, -0.1) is 0 Å². The maximum absolute atomic E-state index is 12.0. The molecule has 28 heavy (non-hydrogen) atoms. The Hall–Kier alpha value is -2.69. The molecule has 0 aliphatic carbocycles. The Kier molecular flexibility index (Phi) is 6.95. The van der Waals surface area contributed by atoms with Crippen molar-refractivity contribution in [1.82, 2.24) is 0 Å². The van der Waals surface area contributed by atoms with Gasteiger partial charge in [-0.05, 0) is 72.6 Å².